The third kappa shape index (κ3) is 3.37. The van der Waals surface area contributed by atoms with E-state index in [1.54, 1.807) is 0 Å². The fourth-order valence-corrected chi connectivity index (χ4v) is 3.87. The Morgan fingerprint density at radius 1 is 1.50 bits per heavy atom. The lowest BCUT2D eigenvalue weighted by molar-refractivity contribution is 0.281. The molecule has 0 aliphatic carbocycles. The highest BCUT2D eigenvalue weighted by molar-refractivity contribution is 7.89. The Bertz CT molecular complexity index is 631. The maximum absolute atomic E-state index is 12.5. The number of aliphatic hydroxyl groups excluding tert-OH is 1. The second-order valence-corrected chi connectivity index (χ2v) is 6.92. The van der Waals surface area contributed by atoms with Crippen LogP contribution >= 0.6 is 0 Å². The van der Waals surface area contributed by atoms with Crippen molar-refractivity contribution in [3.8, 4) is 11.8 Å². The molecule has 1 aliphatic rings. The number of aliphatic hydroxyl groups is 1. The Morgan fingerprint density at radius 2 is 2.30 bits per heavy atom. The van der Waals surface area contributed by atoms with Crippen LogP contribution in [-0.2, 0) is 10.0 Å². The Balaban J connectivity index is 2.29. The minimum absolute atomic E-state index is 0.163. The SMILES string of the molecule is CC1CCCN(S(=O)(=O)c2cncc(C#CCO)c2)C1. The van der Waals surface area contributed by atoms with E-state index >= 15 is 0 Å². The standard InChI is InChI=1S/C14H18N2O3S/c1-12-4-2-6-16(11-12)20(18,19)14-8-13(5-3-7-17)9-15-10-14/h8-10,12,17H,2,4,6-7,11H2,1H3. The van der Waals surface area contributed by atoms with E-state index in [1.165, 1.54) is 22.8 Å². The number of piperidine rings is 1. The van der Waals surface area contributed by atoms with E-state index in [4.69, 9.17) is 5.11 Å². The van der Waals surface area contributed by atoms with Gasteiger partial charge in [-0.1, -0.05) is 18.8 Å². The second kappa shape index (κ2) is 6.35. The summed E-state index contributed by atoms with van der Waals surface area (Å²) in [5.74, 6) is 5.54. The van der Waals surface area contributed by atoms with E-state index in [0.717, 1.165) is 12.8 Å². The average Bonchev–Trinajstić information content (AvgIpc) is 2.45. The lowest BCUT2D eigenvalue weighted by atomic mass is 10.0. The Labute approximate surface area is 119 Å². The number of nitrogens with zero attached hydrogens (tertiary/aromatic N) is 2. The molecule has 20 heavy (non-hydrogen) atoms. The van der Waals surface area contributed by atoms with Crippen LogP contribution in [-0.4, -0.2) is 42.5 Å². The summed E-state index contributed by atoms with van der Waals surface area (Å²) >= 11 is 0. The van der Waals surface area contributed by atoms with Crippen LogP contribution in [0.2, 0.25) is 0 Å². The van der Waals surface area contributed by atoms with Crippen LogP contribution in [0.5, 0.6) is 0 Å². The first-order chi connectivity index (χ1) is 9.54. The van der Waals surface area contributed by atoms with Crippen molar-refractivity contribution in [2.45, 2.75) is 24.7 Å². The predicted octanol–water partition coefficient (Wildman–Crippen LogP) is 0.846. The second-order valence-electron chi connectivity index (χ2n) is 4.98. The van der Waals surface area contributed by atoms with Gasteiger partial charge in [0, 0.05) is 31.0 Å². The van der Waals surface area contributed by atoms with Gasteiger partial charge in [-0.2, -0.15) is 4.31 Å². The molecule has 1 unspecified atom stereocenters. The molecule has 0 amide bonds. The van der Waals surface area contributed by atoms with Gasteiger partial charge >= 0.3 is 0 Å². The van der Waals surface area contributed by atoms with E-state index in [-0.39, 0.29) is 11.5 Å². The molecule has 0 radical (unpaired) electrons. The molecule has 1 aromatic rings. The average molecular weight is 294 g/mol. The van der Waals surface area contributed by atoms with Crippen LogP contribution in [0.15, 0.2) is 23.4 Å². The largest absolute Gasteiger partial charge is 0.384 e. The number of sulfonamides is 1. The van der Waals surface area contributed by atoms with Gasteiger partial charge in [0.25, 0.3) is 0 Å². The van der Waals surface area contributed by atoms with Crippen molar-refractivity contribution in [2.24, 2.45) is 5.92 Å². The van der Waals surface area contributed by atoms with Crippen molar-refractivity contribution in [2.75, 3.05) is 19.7 Å². The zero-order valence-electron chi connectivity index (χ0n) is 11.4. The molecule has 0 spiro atoms. The van der Waals surface area contributed by atoms with Crippen molar-refractivity contribution in [3.63, 3.8) is 0 Å². The smallest absolute Gasteiger partial charge is 0.244 e. The fraction of sp³-hybridized carbons (Fsp3) is 0.500. The zero-order valence-corrected chi connectivity index (χ0v) is 12.2. The lowest BCUT2D eigenvalue weighted by Gasteiger charge is -2.29. The van der Waals surface area contributed by atoms with Crippen molar-refractivity contribution in [1.82, 2.24) is 9.29 Å². The maximum atomic E-state index is 12.5. The van der Waals surface area contributed by atoms with Gasteiger partial charge in [0.1, 0.15) is 11.5 Å². The summed E-state index contributed by atoms with van der Waals surface area (Å²) in [4.78, 5) is 4.09. The molecule has 1 fully saturated rings. The molecule has 0 bridgehead atoms. The molecule has 2 rings (SSSR count). The minimum Gasteiger partial charge on any atom is -0.384 e. The fourth-order valence-electron chi connectivity index (χ4n) is 2.28. The van der Waals surface area contributed by atoms with E-state index < -0.39 is 10.0 Å². The molecular weight excluding hydrogens is 276 g/mol. The maximum Gasteiger partial charge on any atom is 0.244 e. The monoisotopic (exact) mass is 294 g/mol. The van der Waals surface area contributed by atoms with Crippen molar-refractivity contribution in [3.05, 3.63) is 24.0 Å². The number of hydrogen-bond donors (Lipinski definition) is 1. The first-order valence-electron chi connectivity index (χ1n) is 6.59. The normalized spacial score (nSPS) is 20.2. The first-order valence-corrected chi connectivity index (χ1v) is 8.03. The number of pyridine rings is 1. The van der Waals surface area contributed by atoms with Crippen molar-refractivity contribution >= 4 is 10.0 Å². The minimum atomic E-state index is -3.50. The Morgan fingerprint density at radius 3 is 3.00 bits per heavy atom. The van der Waals surface area contributed by atoms with E-state index in [0.29, 0.717) is 24.6 Å². The van der Waals surface area contributed by atoms with Crippen LogP contribution < -0.4 is 0 Å². The molecule has 1 atom stereocenters. The van der Waals surface area contributed by atoms with Crippen molar-refractivity contribution in [1.29, 1.82) is 0 Å². The molecule has 6 heteroatoms. The molecule has 108 valence electrons. The van der Waals surface area contributed by atoms with Crippen LogP contribution in [0.4, 0.5) is 0 Å². The third-order valence-corrected chi connectivity index (χ3v) is 5.11. The molecule has 0 saturated carbocycles. The van der Waals surface area contributed by atoms with Gasteiger partial charge in [-0.3, -0.25) is 4.98 Å². The van der Waals surface area contributed by atoms with Crippen LogP contribution in [0.25, 0.3) is 0 Å². The Hall–Kier alpha value is -1.42. The summed E-state index contributed by atoms with van der Waals surface area (Å²) in [6, 6.07) is 1.50. The Kier molecular flexibility index (Phi) is 4.76. The van der Waals surface area contributed by atoms with Gasteiger partial charge in [-0.05, 0) is 24.8 Å². The number of rotatable bonds is 2. The van der Waals surface area contributed by atoms with E-state index in [9.17, 15) is 8.42 Å². The van der Waals surface area contributed by atoms with Gasteiger partial charge in [0.15, 0.2) is 0 Å². The number of aromatic nitrogens is 1. The topological polar surface area (TPSA) is 70.5 Å². The van der Waals surface area contributed by atoms with Crippen LogP contribution in [0.3, 0.4) is 0 Å². The number of hydrogen-bond acceptors (Lipinski definition) is 4. The molecule has 1 N–H and O–H groups in total. The third-order valence-electron chi connectivity index (χ3n) is 3.28. The first kappa shape index (κ1) is 15.0. The summed E-state index contributed by atoms with van der Waals surface area (Å²) in [5, 5.41) is 8.67. The highest BCUT2D eigenvalue weighted by atomic mass is 32.2. The summed E-state index contributed by atoms with van der Waals surface area (Å²) in [6.45, 7) is 2.90. The predicted molar refractivity (Wildman–Crippen MR) is 75.4 cm³/mol. The van der Waals surface area contributed by atoms with E-state index in [2.05, 4.69) is 23.7 Å². The van der Waals surface area contributed by atoms with Gasteiger partial charge in [0.05, 0.1) is 0 Å². The summed E-state index contributed by atoms with van der Waals surface area (Å²) in [7, 11) is -3.50. The van der Waals surface area contributed by atoms with Gasteiger partial charge in [-0.15, -0.1) is 0 Å². The lowest BCUT2D eigenvalue weighted by Crippen LogP contribution is -2.39. The summed E-state index contributed by atoms with van der Waals surface area (Å²) in [6.07, 6.45) is 4.78. The molecule has 1 aliphatic heterocycles. The molecule has 0 aromatic carbocycles. The molecule has 1 aromatic heterocycles. The van der Waals surface area contributed by atoms with E-state index in [1.807, 2.05) is 0 Å². The summed E-state index contributed by atoms with van der Waals surface area (Å²) < 4.78 is 26.6. The highest BCUT2D eigenvalue weighted by Crippen LogP contribution is 2.23. The molecule has 2 heterocycles. The van der Waals surface area contributed by atoms with Crippen LogP contribution in [0, 0.1) is 17.8 Å². The van der Waals surface area contributed by atoms with Crippen molar-refractivity contribution < 1.29 is 13.5 Å². The van der Waals surface area contributed by atoms with Gasteiger partial charge in [-0.25, -0.2) is 8.42 Å². The molecular formula is C14H18N2O3S. The van der Waals surface area contributed by atoms with Crippen LogP contribution in [0.1, 0.15) is 25.3 Å². The van der Waals surface area contributed by atoms with Gasteiger partial charge < -0.3 is 5.11 Å². The molecule has 5 nitrogen and oxygen atoms in total. The highest BCUT2D eigenvalue weighted by Gasteiger charge is 2.28. The quantitative estimate of drug-likeness (QED) is 0.821. The summed E-state index contributed by atoms with van der Waals surface area (Å²) in [5.41, 5.74) is 0.491. The van der Waals surface area contributed by atoms with Gasteiger partial charge in [0.2, 0.25) is 10.0 Å². The molecule has 1 saturated heterocycles. The zero-order chi connectivity index (χ0) is 14.6.